The second-order valence-electron chi connectivity index (χ2n) is 4.54. The first-order valence-electron chi connectivity index (χ1n) is 6.25. The second-order valence-corrected chi connectivity index (χ2v) is 4.54. The molecule has 2 N–H and O–H groups in total. The fourth-order valence-corrected chi connectivity index (χ4v) is 2.18. The topological polar surface area (TPSA) is 27.3 Å². The zero-order valence-electron chi connectivity index (χ0n) is 10.7. The van der Waals surface area contributed by atoms with E-state index < -0.39 is 0 Å². The average molecular weight is 231 g/mol. The molecule has 0 radical (unpaired) electrons. The van der Waals surface area contributed by atoms with Gasteiger partial charge in [0.2, 0.25) is 0 Å². The van der Waals surface area contributed by atoms with Gasteiger partial charge in [-0.25, -0.2) is 5.43 Å². The lowest BCUT2D eigenvalue weighted by Gasteiger charge is -2.27. The largest absolute Gasteiger partial charge is 0.352 e. The Morgan fingerprint density at radius 2 is 1.82 bits per heavy atom. The Bertz CT molecular complexity index is 382. The molecular formula is C14H21N3. The minimum atomic E-state index is -0.0220. The van der Waals surface area contributed by atoms with Crippen LogP contribution < -0.4 is 10.7 Å². The normalized spacial score (nSPS) is 18.2. The molecule has 2 rings (SSSR count). The summed E-state index contributed by atoms with van der Waals surface area (Å²) in [6, 6.07) is 10.4. The van der Waals surface area contributed by atoms with Crippen molar-refractivity contribution in [2.45, 2.75) is 38.9 Å². The van der Waals surface area contributed by atoms with Gasteiger partial charge in [-0.3, -0.25) is 5.01 Å². The Kier molecular flexibility index (Phi) is 3.38. The Morgan fingerprint density at radius 3 is 2.35 bits per heavy atom. The predicted molar refractivity (Wildman–Crippen MR) is 70.7 cm³/mol. The smallest absolute Gasteiger partial charge is 0.110 e. The third-order valence-corrected chi connectivity index (χ3v) is 3.45. The lowest BCUT2D eigenvalue weighted by atomic mass is 10.1. The highest BCUT2D eigenvalue weighted by Crippen LogP contribution is 2.22. The van der Waals surface area contributed by atoms with Crippen LogP contribution in [0.15, 0.2) is 42.7 Å². The number of nitrogens with one attached hydrogen (secondary N) is 2. The van der Waals surface area contributed by atoms with Gasteiger partial charge in [0, 0.05) is 0 Å². The van der Waals surface area contributed by atoms with E-state index in [2.05, 4.69) is 60.4 Å². The molecule has 1 aromatic carbocycles. The fraction of sp³-hybridized carbons (Fsp3) is 0.429. The molecule has 0 aliphatic carbocycles. The van der Waals surface area contributed by atoms with Crippen LogP contribution in [0.5, 0.6) is 0 Å². The molecule has 3 nitrogen and oxygen atoms in total. The second kappa shape index (κ2) is 4.80. The zero-order chi connectivity index (χ0) is 12.3. The van der Waals surface area contributed by atoms with Crippen molar-refractivity contribution in [3.05, 3.63) is 48.3 Å². The van der Waals surface area contributed by atoms with E-state index in [1.807, 2.05) is 6.07 Å². The summed E-state index contributed by atoms with van der Waals surface area (Å²) >= 11 is 0. The van der Waals surface area contributed by atoms with Crippen LogP contribution in [0, 0.1) is 0 Å². The van der Waals surface area contributed by atoms with Gasteiger partial charge in [-0.2, -0.15) is 0 Å². The third kappa shape index (κ3) is 2.44. The highest BCUT2D eigenvalue weighted by atomic mass is 15.7. The lowest BCUT2D eigenvalue weighted by Crippen LogP contribution is -2.49. The number of rotatable bonds is 4. The third-order valence-electron chi connectivity index (χ3n) is 3.45. The number of benzene rings is 1. The van der Waals surface area contributed by atoms with Crippen LogP contribution in [0.1, 0.15) is 32.3 Å². The Morgan fingerprint density at radius 1 is 1.18 bits per heavy atom. The fourth-order valence-electron chi connectivity index (χ4n) is 2.18. The van der Waals surface area contributed by atoms with Gasteiger partial charge in [-0.05, 0) is 18.4 Å². The molecule has 0 bridgehead atoms. The molecule has 0 unspecified atom stereocenters. The first kappa shape index (κ1) is 12.0. The van der Waals surface area contributed by atoms with Crippen molar-refractivity contribution in [2.24, 2.45) is 0 Å². The van der Waals surface area contributed by atoms with E-state index in [0.717, 1.165) is 25.2 Å². The lowest BCUT2D eigenvalue weighted by molar-refractivity contribution is 0.188. The molecule has 0 aromatic heterocycles. The van der Waals surface area contributed by atoms with Gasteiger partial charge in [0.15, 0.2) is 0 Å². The summed E-state index contributed by atoms with van der Waals surface area (Å²) in [6.45, 7) is 9.28. The van der Waals surface area contributed by atoms with E-state index in [9.17, 15) is 0 Å². The van der Waals surface area contributed by atoms with Gasteiger partial charge in [0.1, 0.15) is 11.5 Å². The summed E-state index contributed by atoms with van der Waals surface area (Å²) in [6.07, 6.45) is 2.07. The highest BCUT2D eigenvalue weighted by Gasteiger charge is 2.35. The maximum atomic E-state index is 4.08. The Labute approximate surface area is 103 Å². The molecule has 3 heteroatoms. The van der Waals surface area contributed by atoms with Crippen molar-refractivity contribution in [3.63, 3.8) is 0 Å². The molecule has 1 fully saturated rings. The van der Waals surface area contributed by atoms with E-state index in [4.69, 9.17) is 0 Å². The monoisotopic (exact) mass is 231 g/mol. The number of hydrazine groups is 1. The van der Waals surface area contributed by atoms with E-state index in [1.165, 1.54) is 5.56 Å². The van der Waals surface area contributed by atoms with Gasteiger partial charge in [0.25, 0.3) is 0 Å². The van der Waals surface area contributed by atoms with Gasteiger partial charge in [0.05, 0.1) is 6.54 Å². The van der Waals surface area contributed by atoms with Gasteiger partial charge in [-0.15, -0.1) is 0 Å². The molecule has 1 heterocycles. The van der Waals surface area contributed by atoms with Gasteiger partial charge in [-0.1, -0.05) is 50.8 Å². The van der Waals surface area contributed by atoms with Crippen LogP contribution in [0.4, 0.5) is 0 Å². The molecule has 1 aromatic rings. The van der Waals surface area contributed by atoms with E-state index in [1.54, 1.807) is 0 Å². The van der Waals surface area contributed by atoms with Crippen LogP contribution >= 0.6 is 0 Å². The molecule has 1 aliphatic rings. The van der Waals surface area contributed by atoms with Crippen molar-refractivity contribution in [2.75, 3.05) is 0 Å². The average Bonchev–Trinajstić information content (AvgIpc) is 2.68. The molecular weight excluding hydrogens is 210 g/mol. The number of hydrogen-bond donors (Lipinski definition) is 2. The van der Waals surface area contributed by atoms with Crippen molar-refractivity contribution >= 4 is 0 Å². The maximum Gasteiger partial charge on any atom is 0.110 e. The van der Waals surface area contributed by atoms with Crippen LogP contribution in [0.25, 0.3) is 0 Å². The van der Waals surface area contributed by atoms with E-state index in [0.29, 0.717) is 0 Å². The number of hydrogen-bond acceptors (Lipinski definition) is 3. The van der Waals surface area contributed by atoms with Crippen molar-refractivity contribution < 1.29 is 0 Å². The minimum absolute atomic E-state index is 0.0220. The maximum absolute atomic E-state index is 4.08. The standard InChI is InChI=1S/C14H21N3/c1-4-14(5-2)15-12(3)17(16-14)11-13-9-7-6-8-10-13/h6-10,15-16H,3-5,11H2,1-2H3. The molecule has 1 aliphatic heterocycles. The van der Waals surface area contributed by atoms with Crippen LogP contribution in [-0.4, -0.2) is 10.7 Å². The van der Waals surface area contributed by atoms with Crippen LogP contribution in [0.3, 0.4) is 0 Å². The van der Waals surface area contributed by atoms with Crippen LogP contribution in [-0.2, 0) is 6.54 Å². The highest BCUT2D eigenvalue weighted by molar-refractivity contribution is 5.16. The van der Waals surface area contributed by atoms with Crippen molar-refractivity contribution in [1.82, 2.24) is 15.8 Å². The van der Waals surface area contributed by atoms with Crippen molar-refractivity contribution in [1.29, 1.82) is 0 Å². The molecule has 0 spiro atoms. The molecule has 92 valence electrons. The quantitative estimate of drug-likeness (QED) is 0.834. The zero-order valence-corrected chi connectivity index (χ0v) is 10.7. The van der Waals surface area contributed by atoms with Gasteiger partial charge < -0.3 is 5.32 Å². The van der Waals surface area contributed by atoms with E-state index >= 15 is 0 Å². The van der Waals surface area contributed by atoms with E-state index in [-0.39, 0.29) is 5.66 Å². The Hall–Kier alpha value is -1.48. The molecule has 1 saturated heterocycles. The summed E-state index contributed by atoms with van der Waals surface area (Å²) in [5, 5.41) is 5.56. The Balaban J connectivity index is 2.06. The number of nitrogens with zero attached hydrogens (tertiary/aromatic N) is 1. The summed E-state index contributed by atoms with van der Waals surface area (Å²) in [5.74, 6) is 0.956. The molecule has 17 heavy (non-hydrogen) atoms. The first-order chi connectivity index (χ1) is 8.19. The van der Waals surface area contributed by atoms with Crippen LogP contribution in [0.2, 0.25) is 0 Å². The predicted octanol–water partition coefficient (Wildman–Crippen LogP) is 2.58. The summed E-state index contributed by atoms with van der Waals surface area (Å²) < 4.78 is 0. The minimum Gasteiger partial charge on any atom is -0.352 e. The molecule has 0 amide bonds. The molecule has 0 atom stereocenters. The summed E-state index contributed by atoms with van der Waals surface area (Å²) in [4.78, 5) is 0. The first-order valence-corrected chi connectivity index (χ1v) is 6.25. The van der Waals surface area contributed by atoms with Gasteiger partial charge >= 0.3 is 0 Å². The summed E-state index contributed by atoms with van der Waals surface area (Å²) in [7, 11) is 0. The SMILES string of the molecule is C=C1NC(CC)(CC)NN1Cc1ccccc1. The van der Waals surface area contributed by atoms with Crippen molar-refractivity contribution in [3.8, 4) is 0 Å². The summed E-state index contributed by atoms with van der Waals surface area (Å²) in [5.41, 5.74) is 4.79. The molecule has 0 saturated carbocycles.